The highest BCUT2D eigenvalue weighted by Gasteiger charge is 2.39. The van der Waals surface area contributed by atoms with Crippen LogP contribution in [0.1, 0.15) is 48.0 Å². The van der Waals surface area contributed by atoms with Crippen molar-refractivity contribution >= 4 is 5.91 Å². The maximum atomic E-state index is 13.1. The third-order valence-corrected chi connectivity index (χ3v) is 4.45. The van der Waals surface area contributed by atoms with Crippen LogP contribution in [0.15, 0.2) is 24.3 Å². The van der Waals surface area contributed by atoms with E-state index in [1.165, 1.54) is 17.1 Å². The molecule has 1 aliphatic carbocycles. The number of carbonyl (C=O) groups is 1. The van der Waals surface area contributed by atoms with E-state index >= 15 is 0 Å². The van der Waals surface area contributed by atoms with Crippen molar-refractivity contribution in [1.29, 1.82) is 0 Å². The molecule has 1 aromatic rings. The lowest BCUT2D eigenvalue weighted by molar-refractivity contribution is -0.184. The Morgan fingerprint density at radius 1 is 1.28 bits per heavy atom. The number of alkyl halides is 3. The fourth-order valence-corrected chi connectivity index (χ4v) is 3.16. The fraction of sp³-hybridized carbons (Fsp3) is 0.588. The number of halogens is 3. The molecule has 1 saturated carbocycles. The van der Waals surface area contributed by atoms with Gasteiger partial charge in [0.1, 0.15) is 5.72 Å². The molecule has 0 aromatic heterocycles. The Morgan fingerprint density at radius 3 is 2.52 bits per heavy atom. The molecule has 0 saturated heterocycles. The quantitative estimate of drug-likeness (QED) is 0.605. The summed E-state index contributed by atoms with van der Waals surface area (Å²) in [7, 11) is 1.58. The molecule has 0 spiro atoms. The lowest BCUT2D eigenvalue weighted by Crippen LogP contribution is -2.58. The van der Waals surface area contributed by atoms with Gasteiger partial charge in [-0.25, -0.2) is 0 Å². The summed E-state index contributed by atoms with van der Waals surface area (Å²) in [4.78, 5) is 12.4. The molecule has 0 bridgehead atoms. The van der Waals surface area contributed by atoms with E-state index in [2.05, 4.69) is 5.43 Å². The van der Waals surface area contributed by atoms with Crippen molar-refractivity contribution in [2.24, 2.45) is 0 Å². The Balaban J connectivity index is 2.18. The first-order valence-corrected chi connectivity index (χ1v) is 8.26. The first-order chi connectivity index (χ1) is 11.8. The van der Waals surface area contributed by atoms with Crippen molar-refractivity contribution in [1.82, 2.24) is 10.4 Å². The molecule has 5 nitrogen and oxygen atoms in total. The molecule has 1 amide bonds. The highest BCUT2D eigenvalue weighted by Crippen LogP contribution is 2.34. The molecular weight excluding hydrogens is 337 g/mol. The predicted octanol–water partition coefficient (Wildman–Crippen LogP) is 2.95. The first kappa shape index (κ1) is 19.7. The Labute approximate surface area is 144 Å². The predicted molar refractivity (Wildman–Crippen MR) is 85.5 cm³/mol. The Bertz CT molecular complexity index is 587. The van der Waals surface area contributed by atoms with Crippen molar-refractivity contribution in [2.45, 2.75) is 44.0 Å². The standard InChI is InChI=1S/C17H23F3N2O3/c1-22(16(25-12-11-23)9-5-2-6-10-16)21-15(24)13-7-3-4-8-14(13)17(18,19)20/h3-4,7-8,23H,2,5-6,9-12H2,1H3,(H,21,24). The number of hydrogen-bond acceptors (Lipinski definition) is 4. The number of aliphatic hydroxyl groups is 1. The van der Waals surface area contributed by atoms with Crippen molar-refractivity contribution in [2.75, 3.05) is 20.3 Å². The number of aliphatic hydroxyl groups excluding tert-OH is 1. The molecule has 0 radical (unpaired) electrons. The number of hydrazine groups is 1. The highest BCUT2D eigenvalue weighted by molar-refractivity contribution is 5.95. The molecule has 1 aliphatic rings. The summed E-state index contributed by atoms with van der Waals surface area (Å²) in [6, 6.07) is 4.67. The third kappa shape index (κ3) is 4.71. The van der Waals surface area contributed by atoms with Crippen molar-refractivity contribution < 1.29 is 27.8 Å². The van der Waals surface area contributed by atoms with Gasteiger partial charge in [-0.05, 0) is 37.8 Å². The smallest absolute Gasteiger partial charge is 0.394 e. The maximum absolute atomic E-state index is 13.1. The molecule has 0 atom stereocenters. The van der Waals surface area contributed by atoms with Crippen LogP contribution in [0, 0.1) is 0 Å². The molecule has 1 aromatic carbocycles. The van der Waals surface area contributed by atoms with Gasteiger partial charge in [0.25, 0.3) is 5.91 Å². The highest BCUT2D eigenvalue weighted by atomic mass is 19.4. The average Bonchev–Trinajstić information content (AvgIpc) is 2.60. The van der Waals surface area contributed by atoms with E-state index in [0.29, 0.717) is 12.8 Å². The summed E-state index contributed by atoms with van der Waals surface area (Å²) >= 11 is 0. The molecule has 1 fully saturated rings. The summed E-state index contributed by atoms with van der Waals surface area (Å²) in [6.45, 7) is -0.0697. The van der Waals surface area contributed by atoms with Crippen molar-refractivity contribution in [3.05, 3.63) is 35.4 Å². The number of carbonyl (C=O) groups excluding carboxylic acids is 1. The molecule has 8 heteroatoms. The van der Waals surface area contributed by atoms with Crippen LogP contribution in [0.3, 0.4) is 0 Å². The van der Waals surface area contributed by atoms with Crippen molar-refractivity contribution in [3.8, 4) is 0 Å². The first-order valence-electron chi connectivity index (χ1n) is 8.26. The van der Waals surface area contributed by atoms with Gasteiger partial charge in [-0.3, -0.25) is 10.2 Å². The van der Waals surface area contributed by atoms with Crippen molar-refractivity contribution in [3.63, 3.8) is 0 Å². The minimum atomic E-state index is -4.61. The summed E-state index contributed by atoms with van der Waals surface area (Å²) in [5, 5.41) is 10.5. The average molecular weight is 360 g/mol. The molecular formula is C17H23F3N2O3. The second kappa shape index (κ2) is 8.16. The van der Waals surface area contributed by atoms with E-state index in [1.54, 1.807) is 7.05 Å². The Morgan fingerprint density at radius 2 is 1.92 bits per heavy atom. The monoisotopic (exact) mass is 360 g/mol. The van der Waals surface area contributed by atoms with Crippen LogP contribution in [-0.2, 0) is 10.9 Å². The number of ether oxygens (including phenoxy) is 1. The van der Waals surface area contributed by atoms with Gasteiger partial charge in [0.05, 0.1) is 24.3 Å². The van der Waals surface area contributed by atoms with Gasteiger partial charge in [0, 0.05) is 7.05 Å². The summed E-state index contributed by atoms with van der Waals surface area (Å²) < 4.78 is 45.0. The number of hydrogen-bond donors (Lipinski definition) is 2. The van der Waals surface area contributed by atoms with E-state index in [1.807, 2.05) is 0 Å². The lowest BCUT2D eigenvalue weighted by Gasteiger charge is -2.44. The molecule has 140 valence electrons. The number of rotatable bonds is 6. The molecule has 0 aliphatic heterocycles. The van der Waals surface area contributed by atoms with E-state index < -0.39 is 28.9 Å². The second-order valence-corrected chi connectivity index (χ2v) is 6.12. The summed E-state index contributed by atoms with van der Waals surface area (Å²) in [6.07, 6.45) is -0.559. The van der Waals surface area contributed by atoms with Crippen LogP contribution < -0.4 is 5.43 Å². The third-order valence-electron chi connectivity index (χ3n) is 4.45. The lowest BCUT2D eigenvalue weighted by atomic mass is 9.91. The number of nitrogens with zero attached hydrogens (tertiary/aromatic N) is 1. The van der Waals surface area contributed by atoms with Gasteiger partial charge in [0.15, 0.2) is 0 Å². The van der Waals surface area contributed by atoms with Gasteiger partial charge < -0.3 is 9.84 Å². The zero-order valence-electron chi connectivity index (χ0n) is 14.1. The minimum absolute atomic E-state index is 0.0966. The Kier molecular flexibility index (Phi) is 6.42. The van der Waals surface area contributed by atoms with Gasteiger partial charge in [-0.1, -0.05) is 18.6 Å². The Hall–Kier alpha value is -1.64. The van der Waals surface area contributed by atoms with Gasteiger partial charge in [-0.2, -0.15) is 18.2 Å². The number of benzene rings is 1. The normalized spacial score (nSPS) is 17.5. The van der Waals surface area contributed by atoms with Crippen LogP contribution in [-0.4, -0.2) is 42.0 Å². The minimum Gasteiger partial charge on any atom is -0.394 e. The van der Waals surface area contributed by atoms with Crippen LogP contribution >= 0.6 is 0 Å². The molecule has 0 heterocycles. The van der Waals surface area contributed by atoms with E-state index in [4.69, 9.17) is 9.84 Å². The van der Waals surface area contributed by atoms with Gasteiger partial charge in [-0.15, -0.1) is 0 Å². The van der Waals surface area contributed by atoms with Crippen LogP contribution in [0.4, 0.5) is 13.2 Å². The molecule has 25 heavy (non-hydrogen) atoms. The van der Waals surface area contributed by atoms with E-state index in [-0.39, 0.29) is 13.2 Å². The molecule has 0 unspecified atom stereocenters. The van der Waals surface area contributed by atoms with Gasteiger partial charge >= 0.3 is 6.18 Å². The number of nitrogens with one attached hydrogen (secondary N) is 1. The topological polar surface area (TPSA) is 61.8 Å². The van der Waals surface area contributed by atoms with E-state index in [9.17, 15) is 18.0 Å². The van der Waals surface area contributed by atoms with Crippen LogP contribution in [0.2, 0.25) is 0 Å². The van der Waals surface area contributed by atoms with Gasteiger partial charge in [0.2, 0.25) is 0 Å². The van der Waals surface area contributed by atoms with E-state index in [0.717, 1.165) is 31.4 Å². The van der Waals surface area contributed by atoms with Crippen LogP contribution in [0.5, 0.6) is 0 Å². The zero-order valence-corrected chi connectivity index (χ0v) is 14.1. The summed E-state index contributed by atoms with van der Waals surface area (Å²) in [5.41, 5.74) is 0.288. The molecule has 2 rings (SSSR count). The SMILES string of the molecule is CN(NC(=O)c1ccccc1C(F)(F)F)C1(OCCO)CCCCC1. The second-order valence-electron chi connectivity index (χ2n) is 6.12. The largest absolute Gasteiger partial charge is 0.417 e. The fourth-order valence-electron chi connectivity index (χ4n) is 3.16. The molecule has 2 N–H and O–H groups in total. The number of amides is 1. The van der Waals surface area contributed by atoms with Crippen LogP contribution in [0.25, 0.3) is 0 Å². The zero-order chi connectivity index (χ0) is 18.5. The summed E-state index contributed by atoms with van der Waals surface area (Å²) in [5.74, 6) is -0.840. The maximum Gasteiger partial charge on any atom is 0.417 e.